The Balaban J connectivity index is 0.00000392. The molecular formula is C20H39IN4O3. The Morgan fingerprint density at radius 2 is 1.93 bits per heavy atom. The number of aliphatic imine (C=N–C) groups is 1. The maximum absolute atomic E-state index is 12.2. The molecule has 2 saturated heterocycles. The molecule has 0 aromatic heterocycles. The van der Waals surface area contributed by atoms with Crippen molar-refractivity contribution >= 4 is 36.0 Å². The van der Waals surface area contributed by atoms with Crippen LogP contribution in [0.1, 0.15) is 47.0 Å². The molecule has 0 bridgehead atoms. The van der Waals surface area contributed by atoms with Gasteiger partial charge in [0.05, 0.1) is 6.61 Å². The summed E-state index contributed by atoms with van der Waals surface area (Å²) in [4.78, 5) is 21.1. The van der Waals surface area contributed by atoms with Crippen LogP contribution in [0, 0.1) is 11.8 Å². The zero-order valence-electron chi connectivity index (χ0n) is 18.2. The van der Waals surface area contributed by atoms with E-state index >= 15 is 0 Å². The normalized spacial score (nSPS) is 21.2. The maximum Gasteiger partial charge on any atom is 0.410 e. The minimum Gasteiger partial charge on any atom is -0.444 e. The van der Waals surface area contributed by atoms with Crippen LogP contribution >= 0.6 is 24.0 Å². The molecule has 0 aromatic rings. The van der Waals surface area contributed by atoms with Crippen LogP contribution < -0.4 is 5.32 Å². The summed E-state index contributed by atoms with van der Waals surface area (Å²) in [7, 11) is 2.10. The number of carbonyl (C=O) groups is 1. The van der Waals surface area contributed by atoms with Crippen molar-refractivity contribution in [3.63, 3.8) is 0 Å². The second kappa shape index (κ2) is 12.0. The monoisotopic (exact) mass is 510 g/mol. The van der Waals surface area contributed by atoms with E-state index < -0.39 is 5.60 Å². The fourth-order valence-corrected chi connectivity index (χ4v) is 3.51. The highest BCUT2D eigenvalue weighted by Crippen LogP contribution is 2.20. The number of halogens is 1. The third-order valence-corrected chi connectivity index (χ3v) is 5.02. The lowest BCUT2D eigenvalue weighted by molar-refractivity contribution is 0.0187. The summed E-state index contributed by atoms with van der Waals surface area (Å²) in [6.07, 6.45) is 2.88. The van der Waals surface area contributed by atoms with E-state index in [-0.39, 0.29) is 30.1 Å². The van der Waals surface area contributed by atoms with Gasteiger partial charge in [0.2, 0.25) is 0 Å². The number of hydrogen-bond acceptors (Lipinski definition) is 4. The van der Waals surface area contributed by atoms with Crippen molar-refractivity contribution in [2.45, 2.75) is 52.6 Å². The fraction of sp³-hybridized carbons (Fsp3) is 0.900. The van der Waals surface area contributed by atoms with E-state index in [2.05, 4.69) is 24.2 Å². The van der Waals surface area contributed by atoms with Crippen LogP contribution in [0.4, 0.5) is 4.79 Å². The SMILES string of the molecule is CCNC(=NCC1CCN(C(=O)OC(C)(C)C)CC1)N(C)CC1CCOC1.I. The Morgan fingerprint density at radius 1 is 1.25 bits per heavy atom. The number of carbonyl (C=O) groups excluding carboxylic acids is 1. The Bertz CT molecular complexity index is 496. The van der Waals surface area contributed by atoms with Crippen molar-refractivity contribution in [2.75, 3.05) is 53.0 Å². The molecule has 1 N–H and O–H groups in total. The van der Waals surface area contributed by atoms with E-state index in [4.69, 9.17) is 14.5 Å². The molecule has 164 valence electrons. The van der Waals surface area contributed by atoms with Gasteiger partial charge >= 0.3 is 6.09 Å². The van der Waals surface area contributed by atoms with Crippen LogP contribution in [0.2, 0.25) is 0 Å². The predicted molar refractivity (Wildman–Crippen MR) is 123 cm³/mol. The van der Waals surface area contributed by atoms with Crippen molar-refractivity contribution < 1.29 is 14.3 Å². The lowest BCUT2D eigenvalue weighted by Crippen LogP contribution is -2.43. The molecular weight excluding hydrogens is 471 g/mol. The molecule has 0 aromatic carbocycles. The lowest BCUT2D eigenvalue weighted by atomic mass is 9.97. The van der Waals surface area contributed by atoms with E-state index in [9.17, 15) is 4.79 Å². The molecule has 0 radical (unpaired) electrons. The maximum atomic E-state index is 12.2. The van der Waals surface area contributed by atoms with Gasteiger partial charge in [-0.05, 0) is 52.9 Å². The summed E-state index contributed by atoms with van der Waals surface area (Å²) >= 11 is 0. The van der Waals surface area contributed by atoms with Gasteiger partial charge in [0.15, 0.2) is 5.96 Å². The highest BCUT2D eigenvalue weighted by Gasteiger charge is 2.27. The van der Waals surface area contributed by atoms with Gasteiger partial charge < -0.3 is 24.6 Å². The number of nitrogens with zero attached hydrogens (tertiary/aromatic N) is 3. The van der Waals surface area contributed by atoms with E-state index in [0.29, 0.717) is 11.8 Å². The van der Waals surface area contributed by atoms with Crippen LogP contribution in [0.15, 0.2) is 4.99 Å². The van der Waals surface area contributed by atoms with Crippen LogP contribution in [0.25, 0.3) is 0 Å². The van der Waals surface area contributed by atoms with E-state index in [1.54, 1.807) is 0 Å². The van der Waals surface area contributed by atoms with Crippen molar-refractivity contribution in [3.05, 3.63) is 0 Å². The van der Waals surface area contributed by atoms with Gasteiger partial charge in [-0.25, -0.2) is 4.79 Å². The molecule has 2 aliphatic heterocycles. The number of amides is 1. The lowest BCUT2D eigenvalue weighted by Gasteiger charge is -2.33. The summed E-state index contributed by atoms with van der Waals surface area (Å²) < 4.78 is 11.0. The molecule has 8 heteroatoms. The Labute approximate surface area is 187 Å². The molecule has 0 spiro atoms. The summed E-state index contributed by atoms with van der Waals surface area (Å²) in [6, 6.07) is 0. The highest BCUT2D eigenvalue weighted by atomic mass is 127. The topological polar surface area (TPSA) is 66.4 Å². The Morgan fingerprint density at radius 3 is 2.46 bits per heavy atom. The number of ether oxygens (including phenoxy) is 2. The number of piperidine rings is 1. The molecule has 1 unspecified atom stereocenters. The molecule has 28 heavy (non-hydrogen) atoms. The summed E-state index contributed by atoms with van der Waals surface area (Å²) in [5, 5.41) is 3.40. The smallest absolute Gasteiger partial charge is 0.410 e. The zero-order chi connectivity index (χ0) is 19.9. The fourth-order valence-electron chi connectivity index (χ4n) is 3.51. The van der Waals surface area contributed by atoms with Crippen molar-refractivity contribution in [1.29, 1.82) is 0 Å². The van der Waals surface area contributed by atoms with Gasteiger partial charge in [-0.1, -0.05) is 0 Å². The van der Waals surface area contributed by atoms with E-state index in [0.717, 1.165) is 71.2 Å². The quantitative estimate of drug-likeness (QED) is 0.350. The molecule has 1 atom stereocenters. The first-order chi connectivity index (χ1) is 12.8. The van der Waals surface area contributed by atoms with Crippen LogP contribution in [0.5, 0.6) is 0 Å². The molecule has 2 rings (SSSR count). The van der Waals surface area contributed by atoms with Gasteiger partial charge in [-0.3, -0.25) is 4.99 Å². The van der Waals surface area contributed by atoms with Gasteiger partial charge in [-0.15, -0.1) is 24.0 Å². The van der Waals surface area contributed by atoms with Crippen LogP contribution in [0.3, 0.4) is 0 Å². The third-order valence-electron chi connectivity index (χ3n) is 5.02. The second-order valence-corrected chi connectivity index (χ2v) is 8.72. The summed E-state index contributed by atoms with van der Waals surface area (Å²) in [6.45, 7) is 13.7. The third kappa shape index (κ3) is 8.71. The number of nitrogens with one attached hydrogen (secondary N) is 1. The van der Waals surface area contributed by atoms with Crippen molar-refractivity contribution in [1.82, 2.24) is 15.1 Å². The van der Waals surface area contributed by atoms with Crippen molar-refractivity contribution in [3.8, 4) is 0 Å². The number of rotatable bonds is 5. The Kier molecular flexibility index (Phi) is 10.9. The molecule has 2 fully saturated rings. The van der Waals surface area contributed by atoms with Gasteiger partial charge in [-0.2, -0.15) is 0 Å². The molecule has 7 nitrogen and oxygen atoms in total. The molecule has 0 aliphatic carbocycles. The first kappa shape index (κ1) is 25.3. The molecule has 1 amide bonds. The summed E-state index contributed by atoms with van der Waals surface area (Å²) in [5.74, 6) is 2.08. The summed E-state index contributed by atoms with van der Waals surface area (Å²) in [5.41, 5.74) is -0.437. The largest absolute Gasteiger partial charge is 0.444 e. The highest BCUT2D eigenvalue weighted by molar-refractivity contribution is 14.0. The minimum absolute atomic E-state index is 0. The van der Waals surface area contributed by atoms with Crippen LogP contribution in [-0.2, 0) is 9.47 Å². The van der Waals surface area contributed by atoms with Gasteiger partial charge in [0.1, 0.15) is 5.60 Å². The predicted octanol–water partition coefficient (Wildman–Crippen LogP) is 3.19. The number of guanidine groups is 1. The van der Waals surface area contributed by atoms with Crippen LogP contribution in [-0.4, -0.2) is 80.4 Å². The second-order valence-electron chi connectivity index (χ2n) is 8.72. The number of likely N-dealkylation sites (tertiary alicyclic amines) is 1. The first-order valence-corrected chi connectivity index (χ1v) is 10.3. The molecule has 2 aliphatic rings. The van der Waals surface area contributed by atoms with E-state index in [1.807, 2.05) is 25.7 Å². The average molecular weight is 510 g/mol. The molecule has 2 heterocycles. The van der Waals surface area contributed by atoms with E-state index in [1.165, 1.54) is 0 Å². The van der Waals surface area contributed by atoms with Gasteiger partial charge in [0.25, 0.3) is 0 Å². The standard InChI is InChI=1S/C20H38N4O3.HI/c1-6-21-18(23(5)14-17-9-12-26-15-17)22-13-16-7-10-24(11-8-16)19(25)27-20(2,3)4;/h16-17H,6-15H2,1-5H3,(H,21,22);1H. The zero-order valence-corrected chi connectivity index (χ0v) is 20.5. The first-order valence-electron chi connectivity index (χ1n) is 10.3. The van der Waals surface area contributed by atoms with Gasteiger partial charge in [0, 0.05) is 52.3 Å². The Hall–Kier alpha value is -0.770. The minimum atomic E-state index is -0.437. The molecule has 0 saturated carbocycles. The number of hydrogen-bond donors (Lipinski definition) is 1. The average Bonchev–Trinajstić information content (AvgIpc) is 3.10. The van der Waals surface area contributed by atoms with Crippen molar-refractivity contribution in [2.24, 2.45) is 16.8 Å².